The summed E-state index contributed by atoms with van der Waals surface area (Å²) in [4.78, 5) is 4.87. The van der Waals surface area contributed by atoms with Crippen LogP contribution in [0, 0.1) is 5.92 Å². The molecule has 0 N–H and O–H groups in total. The second-order valence-corrected chi connectivity index (χ2v) is 15.5. The fourth-order valence-corrected chi connectivity index (χ4v) is 5.25. The molecule has 1 fully saturated rings. The maximum absolute atomic E-state index is 6.76. The predicted molar refractivity (Wildman–Crippen MR) is 138 cm³/mol. The molecule has 0 spiro atoms. The van der Waals surface area contributed by atoms with Crippen LogP contribution in [0.3, 0.4) is 0 Å². The molecule has 0 atom stereocenters. The number of methoxy groups -OCH3 is 1. The Morgan fingerprint density at radius 3 is 2.41 bits per heavy atom. The zero-order valence-corrected chi connectivity index (χ0v) is 22.5. The van der Waals surface area contributed by atoms with Crippen molar-refractivity contribution < 1.29 is 9.16 Å². The van der Waals surface area contributed by atoms with E-state index in [4.69, 9.17) is 25.7 Å². The standard InChI is InChI=1S/C27H38ClNO2Si/c1-8-20-13-15-24(29-26(20)30-5)22(17-19-11-9-10-12-19)21-14-16-25(23(28)18-21)31-32(6,7)27(2,3)4/h13-19H,8-12H2,1-7H3. The van der Waals surface area contributed by atoms with E-state index in [1.54, 1.807) is 7.11 Å². The van der Waals surface area contributed by atoms with Gasteiger partial charge in [-0.05, 0) is 67.1 Å². The second-order valence-electron chi connectivity index (χ2n) is 10.4. The first-order valence-electron chi connectivity index (χ1n) is 11.8. The molecule has 1 saturated carbocycles. The van der Waals surface area contributed by atoms with Crippen LogP contribution in [0.5, 0.6) is 11.6 Å². The number of aryl methyl sites for hydroxylation is 1. The molecule has 1 aliphatic rings. The van der Waals surface area contributed by atoms with Gasteiger partial charge in [0.05, 0.1) is 17.8 Å². The summed E-state index contributed by atoms with van der Waals surface area (Å²) >= 11 is 6.76. The molecule has 0 unspecified atom stereocenters. The number of pyridine rings is 1. The third-order valence-electron chi connectivity index (χ3n) is 7.01. The smallest absolute Gasteiger partial charge is 0.250 e. The first-order chi connectivity index (χ1) is 15.1. The Balaban J connectivity index is 2.02. The average Bonchev–Trinajstić information content (AvgIpc) is 3.25. The van der Waals surface area contributed by atoms with Crippen molar-refractivity contribution in [2.24, 2.45) is 5.92 Å². The molecule has 5 heteroatoms. The van der Waals surface area contributed by atoms with Gasteiger partial charge in [0, 0.05) is 11.1 Å². The molecule has 1 aromatic heterocycles. The van der Waals surface area contributed by atoms with Gasteiger partial charge in [0.1, 0.15) is 5.75 Å². The van der Waals surface area contributed by atoms with E-state index in [1.807, 2.05) is 12.1 Å². The molecule has 3 nitrogen and oxygen atoms in total. The molecular weight excluding hydrogens is 434 g/mol. The summed E-state index contributed by atoms with van der Waals surface area (Å²) in [5.74, 6) is 2.05. The van der Waals surface area contributed by atoms with E-state index >= 15 is 0 Å². The number of rotatable bonds is 7. The Kier molecular flexibility index (Phi) is 7.77. The van der Waals surface area contributed by atoms with Crippen LogP contribution in [0.1, 0.15) is 70.2 Å². The van der Waals surface area contributed by atoms with Gasteiger partial charge < -0.3 is 9.16 Å². The number of hydrogen-bond acceptors (Lipinski definition) is 3. The van der Waals surface area contributed by atoms with Crippen molar-refractivity contribution in [3.05, 3.63) is 58.3 Å². The molecule has 1 aromatic carbocycles. The SMILES string of the molecule is CCc1ccc(C(=CC2CCCC2)c2ccc(O[Si](C)(C)C(C)(C)C)c(Cl)c2)nc1OC. The van der Waals surface area contributed by atoms with Crippen LogP contribution in [0.2, 0.25) is 23.2 Å². The highest BCUT2D eigenvalue weighted by atomic mass is 35.5. The minimum atomic E-state index is -1.97. The van der Waals surface area contributed by atoms with Crippen LogP contribution in [0.15, 0.2) is 36.4 Å². The molecule has 0 saturated heterocycles. The average molecular weight is 472 g/mol. The third kappa shape index (κ3) is 5.58. The first-order valence-corrected chi connectivity index (χ1v) is 15.1. The van der Waals surface area contributed by atoms with Crippen LogP contribution in [-0.2, 0) is 6.42 Å². The molecule has 174 valence electrons. The van der Waals surface area contributed by atoms with Crippen LogP contribution in [0.25, 0.3) is 5.57 Å². The fraction of sp³-hybridized carbons (Fsp3) is 0.519. The Labute approximate surface area is 200 Å². The number of nitrogens with zero attached hydrogens (tertiary/aromatic N) is 1. The molecule has 0 amide bonds. The van der Waals surface area contributed by atoms with Crippen molar-refractivity contribution in [1.29, 1.82) is 0 Å². The van der Waals surface area contributed by atoms with Crippen LogP contribution in [-0.4, -0.2) is 20.4 Å². The molecule has 32 heavy (non-hydrogen) atoms. The van der Waals surface area contributed by atoms with Gasteiger partial charge in [-0.1, -0.05) is 70.3 Å². The summed E-state index contributed by atoms with van der Waals surface area (Å²) < 4.78 is 12.1. The third-order valence-corrected chi connectivity index (χ3v) is 11.6. The van der Waals surface area contributed by atoms with E-state index in [1.165, 1.54) is 25.7 Å². The highest BCUT2D eigenvalue weighted by molar-refractivity contribution is 6.74. The lowest BCUT2D eigenvalue weighted by Gasteiger charge is -2.36. The molecule has 1 aliphatic carbocycles. The highest BCUT2D eigenvalue weighted by Gasteiger charge is 2.39. The molecule has 0 bridgehead atoms. The highest BCUT2D eigenvalue weighted by Crippen LogP contribution is 2.40. The van der Waals surface area contributed by atoms with E-state index < -0.39 is 8.32 Å². The monoisotopic (exact) mass is 471 g/mol. The Bertz CT molecular complexity index is 972. The van der Waals surface area contributed by atoms with E-state index in [-0.39, 0.29) is 5.04 Å². The largest absolute Gasteiger partial charge is 0.543 e. The zero-order chi connectivity index (χ0) is 23.5. The maximum atomic E-state index is 6.76. The Morgan fingerprint density at radius 1 is 1.16 bits per heavy atom. The van der Waals surface area contributed by atoms with Crippen LogP contribution in [0.4, 0.5) is 0 Å². The molecule has 1 heterocycles. The van der Waals surface area contributed by atoms with Gasteiger partial charge in [-0.2, -0.15) is 0 Å². The van der Waals surface area contributed by atoms with E-state index in [9.17, 15) is 0 Å². The Morgan fingerprint density at radius 2 is 1.84 bits per heavy atom. The number of hydrogen-bond donors (Lipinski definition) is 0. The second kappa shape index (κ2) is 10.0. The van der Waals surface area contributed by atoms with Gasteiger partial charge in [0.2, 0.25) is 5.88 Å². The van der Waals surface area contributed by atoms with Crippen molar-refractivity contribution in [3.8, 4) is 11.6 Å². The summed E-state index contributed by atoms with van der Waals surface area (Å²) in [5, 5.41) is 0.770. The van der Waals surface area contributed by atoms with Gasteiger partial charge in [-0.3, -0.25) is 0 Å². The van der Waals surface area contributed by atoms with Crippen molar-refractivity contribution >= 4 is 25.5 Å². The van der Waals surface area contributed by atoms with E-state index in [2.05, 4.69) is 65.1 Å². The summed E-state index contributed by atoms with van der Waals surface area (Å²) in [5.41, 5.74) is 4.25. The molecule has 0 aliphatic heterocycles. The molecule has 2 aromatic rings. The minimum absolute atomic E-state index is 0.115. The van der Waals surface area contributed by atoms with Crippen LogP contribution >= 0.6 is 11.6 Å². The van der Waals surface area contributed by atoms with Crippen molar-refractivity contribution in [3.63, 3.8) is 0 Å². The maximum Gasteiger partial charge on any atom is 0.250 e. The van der Waals surface area contributed by atoms with Gasteiger partial charge in [-0.25, -0.2) is 4.98 Å². The Hall–Kier alpha value is -1.78. The minimum Gasteiger partial charge on any atom is -0.543 e. The number of aromatic nitrogens is 1. The van der Waals surface area contributed by atoms with Crippen LogP contribution < -0.4 is 9.16 Å². The summed E-state index contributed by atoms with van der Waals surface area (Å²) in [7, 11) is -0.276. The number of halogens is 1. The zero-order valence-electron chi connectivity index (χ0n) is 20.7. The lowest BCUT2D eigenvalue weighted by molar-refractivity contribution is 0.392. The molecular formula is C27H38ClNO2Si. The summed E-state index contributed by atoms with van der Waals surface area (Å²) in [6.45, 7) is 13.3. The lowest BCUT2D eigenvalue weighted by atomic mass is 9.95. The van der Waals surface area contributed by atoms with Crippen molar-refractivity contribution in [2.45, 2.75) is 77.9 Å². The molecule has 0 radical (unpaired) electrons. The summed E-state index contributed by atoms with van der Waals surface area (Å²) in [6.07, 6.45) is 8.33. The number of ether oxygens (including phenoxy) is 1. The topological polar surface area (TPSA) is 31.4 Å². The number of benzene rings is 1. The summed E-state index contributed by atoms with van der Waals surface area (Å²) in [6, 6.07) is 10.4. The van der Waals surface area contributed by atoms with E-state index in [0.717, 1.165) is 34.6 Å². The van der Waals surface area contributed by atoms with Gasteiger partial charge in [0.15, 0.2) is 0 Å². The predicted octanol–water partition coefficient (Wildman–Crippen LogP) is 8.31. The van der Waals surface area contributed by atoms with Gasteiger partial charge >= 0.3 is 0 Å². The lowest BCUT2D eigenvalue weighted by Crippen LogP contribution is -2.43. The first kappa shape index (κ1) is 24.9. The quantitative estimate of drug-likeness (QED) is 0.380. The molecule has 3 rings (SSSR count). The van der Waals surface area contributed by atoms with Crippen molar-refractivity contribution in [2.75, 3.05) is 7.11 Å². The fourth-order valence-electron chi connectivity index (χ4n) is 3.93. The van der Waals surface area contributed by atoms with E-state index in [0.29, 0.717) is 16.8 Å². The normalized spacial score (nSPS) is 15.8. The van der Waals surface area contributed by atoms with Crippen molar-refractivity contribution in [1.82, 2.24) is 4.98 Å². The number of allylic oxidation sites excluding steroid dienone is 1. The van der Waals surface area contributed by atoms with Gasteiger partial charge in [0.25, 0.3) is 8.32 Å². The van der Waals surface area contributed by atoms with Gasteiger partial charge in [-0.15, -0.1) is 0 Å².